The van der Waals surface area contributed by atoms with Crippen LogP contribution in [0.5, 0.6) is 5.75 Å². The summed E-state index contributed by atoms with van der Waals surface area (Å²) < 4.78 is 7.79. The number of nitrogens with zero attached hydrogens (tertiary/aromatic N) is 2. The number of thiophene rings is 1. The molecule has 7 nitrogen and oxygen atoms in total. The number of aryl methyl sites for hydroxylation is 1. The molecule has 0 atom stereocenters. The van der Waals surface area contributed by atoms with Gasteiger partial charge in [0.15, 0.2) is 0 Å². The third kappa shape index (κ3) is 4.92. The Bertz CT molecular complexity index is 1280. The fraction of sp³-hybridized carbons (Fsp3) is 0.429. The molecule has 2 amide bonds. The molecule has 2 N–H and O–H groups in total. The molecule has 1 saturated heterocycles. The minimum absolute atomic E-state index is 0.00409. The number of carbonyl (C=O) groups excluding carboxylic acids is 2. The zero-order valence-corrected chi connectivity index (χ0v) is 22.3. The molecule has 36 heavy (non-hydrogen) atoms. The van der Waals surface area contributed by atoms with Crippen LogP contribution in [0.4, 0.5) is 5.69 Å². The molecule has 5 rings (SSSR count). The lowest BCUT2D eigenvalue weighted by Gasteiger charge is -2.30. The van der Waals surface area contributed by atoms with E-state index in [0.717, 1.165) is 53.2 Å². The summed E-state index contributed by atoms with van der Waals surface area (Å²) in [5.41, 5.74) is 5.55. The molecule has 3 aromatic rings. The maximum atomic E-state index is 13.3. The standard InChI is InChI=1S/C28H34N4O3S/c1-28(2,3)17-29-27(34)22-15-20(24-7-5-12-36-24)26-19-14-21(30-25(33)16-31-9-6-10-31)23(35-4)13-18(19)8-11-32(22)26/h5,7,12-15H,6,8-11,16-17H2,1-4H3,(H,29,34)(H,30,33). The van der Waals surface area contributed by atoms with Gasteiger partial charge < -0.3 is 19.9 Å². The molecule has 4 heterocycles. The molecule has 0 unspecified atom stereocenters. The minimum Gasteiger partial charge on any atom is -0.495 e. The number of benzene rings is 1. The molecule has 1 fully saturated rings. The van der Waals surface area contributed by atoms with E-state index in [0.29, 0.717) is 36.8 Å². The van der Waals surface area contributed by atoms with Crippen LogP contribution in [0.1, 0.15) is 43.2 Å². The molecule has 0 aliphatic carbocycles. The first-order valence-corrected chi connectivity index (χ1v) is 13.4. The highest BCUT2D eigenvalue weighted by atomic mass is 32.1. The predicted molar refractivity (Wildman–Crippen MR) is 145 cm³/mol. The van der Waals surface area contributed by atoms with Gasteiger partial charge in [0, 0.05) is 29.1 Å². The van der Waals surface area contributed by atoms with Gasteiger partial charge in [0.25, 0.3) is 5.91 Å². The average molecular weight is 507 g/mol. The van der Waals surface area contributed by atoms with E-state index in [4.69, 9.17) is 4.74 Å². The Labute approximate surface area is 216 Å². The Balaban J connectivity index is 1.56. The molecule has 1 aromatic carbocycles. The van der Waals surface area contributed by atoms with Gasteiger partial charge in [-0.05, 0) is 66.6 Å². The number of hydrogen-bond acceptors (Lipinski definition) is 5. The molecule has 0 saturated carbocycles. The Morgan fingerprint density at radius 1 is 1.11 bits per heavy atom. The number of nitrogens with one attached hydrogen (secondary N) is 2. The van der Waals surface area contributed by atoms with Crippen LogP contribution in [0, 0.1) is 5.41 Å². The van der Waals surface area contributed by atoms with Gasteiger partial charge in [0.2, 0.25) is 5.91 Å². The van der Waals surface area contributed by atoms with E-state index in [9.17, 15) is 9.59 Å². The number of likely N-dealkylation sites (tertiary alicyclic amines) is 1. The van der Waals surface area contributed by atoms with Gasteiger partial charge >= 0.3 is 0 Å². The second-order valence-corrected chi connectivity index (χ2v) is 11.7. The molecule has 0 spiro atoms. The first-order valence-electron chi connectivity index (χ1n) is 12.5. The molecule has 8 heteroatoms. The van der Waals surface area contributed by atoms with Crippen LogP contribution < -0.4 is 15.4 Å². The van der Waals surface area contributed by atoms with E-state index >= 15 is 0 Å². The predicted octanol–water partition coefficient (Wildman–Crippen LogP) is 4.87. The van der Waals surface area contributed by atoms with Gasteiger partial charge in [-0.15, -0.1) is 11.3 Å². The first-order chi connectivity index (χ1) is 17.2. The highest BCUT2D eigenvalue weighted by Gasteiger charge is 2.29. The third-order valence-corrected chi connectivity index (χ3v) is 7.67. The van der Waals surface area contributed by atoms with Crippen LogP contribution in [0.15, 0.2) is 35.7 Å². The quantitative estimate of drug-likeness (QED) is 0.480. The molecule has 190 valence electrons. The van der Waals surface area contributed by atoms with Crippen molar-refractivity contribution in [3.8, 4) is 27.4 Å². The summed E-state index contributed by atoms with van der Waals surface area (Å²) in [6.07, 6.45) is 1.92. The number of hydrogen-bond donors (Lipinski definition) is 2. The normalized spacial score (nSPS) is 15.0. The average Bonchev–Trinajstić information content (AvgIpc) is 3.47. The number of amides is 2. The summed E-state index contributed by atoms with van der Waals surface area (Å²) >= 11 is 1.66. The van der Waals surface area contributed by atoms with Crippen molar-refractivity contribution in [1.82, 2.24) is 14.8 Å². The van der Waals surface area contributed by atoms with Crippen LogP contribution in [0.2, 0.25) is 0 Å². The van der Waals surface area contributed by atoms with Crippen LogP contribution in [-0.2, 0) is 17.8 Å². The number of rotatable bonds is 7. The van der Waals surface area contributed by atoms with E-state index in [1.54, 1.807) is 18.4 Å². The largest absolute Gasteiger partial charge is 0.495 e. The first kappa shape index (κ1) is 24.6. The molecular weight excluding hydrogens is 472 g/mol. The Kier molecular flexibility index (Phi) is 6.66. The SMILES string of the molecule is COc1cc2c(cc1NC(=O)CN1CCC1)-c1c(-c3cccs3)cc(C(=O)NCC(C)(C)C)n1CC2. The Morgan fingerprint density at radius 3 is 2.56 bits per heavy atom. The van der Waals surface area contributed by atoms with Crippen molar-refractivity contribution >= 4 is 28.8 Å². The van der Waals surface area contributed by atoms with Gasteiger partial charge in [-0.25, -0.2) is 0 Å². The fourth-order valence-corrected chi connectivity index (χ4v) is 5.54. The minimum atomic E-state index is -0.0611. The molecule has 2 aliphatic heterocycles. The number of anilines is 1. The van der Waals surface area contributed by atoms with Gasteiger partial charge in [0.1, 0.15) is 11.4 Å². The van der Waals surface area contributed by atoms with Crippen molar-refractivity contribution in [2.45, 2.75) is 40.2 Å². The van der Waals surface area contributed by atoms with E-state index in [1.807, 2.05) is 24.3 Å². The molecular formula is C28H34N4O3S. The highest BCUT2D eigenvalue weighted by Crippen LogP contribution is 2.44. The zero-order chi connectivity index (χ0) is 25.4. The second-order valence-electron chi connectivity index (χ2n) is 10.8. The summed E-state index contributed by atoms with van der Waals surface area (Å²) in [7, 11) is 1.63. The summed E-state index contributed by atoms with van der Waals surface area (Å²) in [6, 6.07) is 10.2. The summed E-state index contributed by atoms with van der Waals surface area (Å²) in [4.78, 5) is 29.3. The number of ether oxygens (including phenoxy) is 1. The summed E-state index contributed by atoms with van der Waals surface area (Å²) in [6.45, 7) is 9.95. The summed E-state index contributed by atoms with van der Waals surface area (Å²) in [5, 5.41) is 8.24. The molecule has 0 bridgehead atoms. The topological polar surface area (TPSA) is 75.6 Å². The Hall–Kier alpha value is -3.10. The molecule has 2 aliphatic rings. The maximum absolute atomic E-state index is 13.3. The lowest BCUT2D eigenvalue weighted by Crippen LogP contribution is -2.42. The molecule has 2 aromatic heterocycles. The van der Waals surface area contributed by atoms with Crippen molar-refractivity contribution < 1.29 is 14.3 Å². The second kappa shape index (κ2) is 9.75. The van der Waals surface area contributed by atoms with Crippen molar-refractivity contribution in [2.75, 3.05) is 38.6 Å². The van der Waals surface area contributed by atoms with Crippen molar-refractivity contribution in [2.24, 2.45) is 5.41 Å². The van der Waals surface area contributed by atoms with E-state index in [2.05, 4.69) is 52.3 Å². The number of carbonyl (C=O) groups is 2. The van der Waals surface area contributed by atoms with Gasteiger partial charge in [-0.1, -0.05) is 26.8 Å². The zero-order valence-electron chi connectivity index (χ0n) is 21.4. The number of methoxy groups -OCH3 is 1. The smallest absolute Gasteiger partial charge is 0.267 e. The van der Waals surface area contributed by atoms with E-state index in [-0.39, 0.29) is 17.2 Å². The lowest BCUT2D eigenvalue weighted by molar-refractivity contribution is -0.118. The van der Waals surface area contributed by atoms with Gasteiger partial charge in [-0.2, -0.15) is 0 Å². The highest BCUT2D eigenvalue weighted by molar-refractivity contribution is 7.13. The number of aromatic nitrogens is 1. The van der Waals surface area contributed by atoms with E-state index in [1.165, 1.54) is 0 Å². The van der Waals surface area contributed by atoms with Crippen LogP contribution >= 0.6 is 11.3 Å². The van der Waals surface area contributed by atoms with Crippen LogP contribution in [-0.4, -0.2) is 54.6 Å². The third-order valence-electron chi connectivity index (χ3n) is 6.77. The van der Waals surface area contributed by atoms with Crippen LogP contribution in [0.3, 0.4) is 0 Å². The lowest BCUT2D eigenvalue weighted by atomic mass is 9.94. The van der Waals surface area contributed by atoms with E-state index < -0.39 is 0 Å². The van der Waals surface area contributed by atoms with Crippen molar-refractivity contribution in [3.05, 3.63) is 47.0 Å². The Morgan fingerprint density at radius 2 is 1.92 bits per heavy atom. The van der Waals surface area contributed by atoms with Crippen molar-refractivity contribution in [1.29, 1.82) is 0 Å². The fourth-order valence-electron chi connectivity index (χ4n) is 4.80. The number of fused-ring (bicyclic) bond motifs is 3. The maximum Gasteiger partial charge on any atom is 0.267 e. The van der Waals surface area contributed by atoms with Crippen LogP contribution in [0.25, 0.3) is 21.7 Å². The van der Waals surface area contributed by atoms with Gasteiger partial charge in [-0.3, -0.25) is 14.5 Å². The monoisotopic (exact) mass is 506 g/mol. The molecule has 0 radical (unpaired) electrons. The summed E-state index contributed by atoms with van der Waals surface area (Å²) in [5.74, 6) is 0.556. The van der Waals surface area contributed by atoms with Gasteiger partial charge in [0.05, 0.1) is 25.0 Å². The van der Waals surface area contributed by atoms with Crippen molar-refractivity contribution in [3.63, 3.8) is 0 Å².